The van der Waals surface area contributed by atoms with Crippen molar-refractivity contribution in [2.24, 2.45) is 11.8 Å². The van der Waals surface area contributed by atoms with E-state index in [1.54, 1.807) is 0 Å². The largest absolute Gasteiger partial charge is 0.0888 e. The maximum atomic E-state index is 6.25. The minimum absolute atomic E-state index is 0.668. The summed E-state index contributed by atoms with van der Waals surface area (Å²) in [6.07, 6.45) is 6.47. The molecular weight excluding hydrogens is 296 g/mol. The normalized spacial score (nSPS) is 29.2. The predicted octanol–water partition coefficient (Wildman–Crippen LogP) is 5.47. The van der Waals surface area contributed by atoms with E-state index in [9.17, 15) is 0 Å². The zero-order chi connectivity index (χ0) is 12.3. The average Bonchev–Trinajstić information content (AvgIpc) is 2.35. The Morgan fingerprint density at radius 1 is 1.29 bits per heavy atom. The van der Waals surface area contributed by atoms with Crippen LogP contribution in [-0.4, -0.2) is 4.83 Å². The van der Waals surface area contributed by atoms with E-state index in [1.165, 1.54) is 31.2 Å². The molecule has 0 saturated heterocycles. The third kappa shape index (κ3) is 3.48. The van der Waals surface area contributed by atoms with Gasteiger partial charge in [0.2, 0.25) is 0 Å². The molecule has 0 nitrogen and oxygen atoms in total. The van der Waals surface area contributed by atoms with Gasteiger partial charge in [-0.05, 0) is 49.1 Å². The zero-order valence-electron chi connectivity index (χ0n) is 10.3. The first-order chi connectivity index (χ1) is 8.20. The van der Waals surface area contributed by atoms with Gasteiger partial charge in [-0.1, -0.05) is 59.1 Å². The average molecular weight is 316 g/mol. The summed E-state index contributed by atoms with van der Waals surface area (Å²) in [4.78, 5) is 0.668. The Hall–Kier alpha value is -0.0100. The molecule has 0 radical (unpaired) electrons. The quantitative estimate of drug-likeness (QED) is 0.649. The fraction of sp³-hybridized carbons (Fsp3) is 0.600. The molecule has 0 aliphatic heterocycles. The molecule has 0 spiro atoms. The summed E-state index contributed by atoms with van der Waals surface area (Å²) >= 11 is 10.1. The Kier molecular flexibility index (Phi) is 4.93. The smallest absolute Gasteiger partial charge is 0.0438 e. The molecule has 0 bridgehead atoms. The molecule has 0 amide bonds. The van der Waals surface area contributed by atoms with Crippen LogP contribution in [0.2, 0.25) is 5.02 Å². The SMILES string of the molecule is CCC1CCC(Br)C(Cc2ccccc2Cl)C1. The van der Waals surface area contributed by atoms with Crippen LogP contribution in [0.25, 0.3) is 0 Å². The molecule has 0 heterocycles. The number of hydrogen-bond acceptors (Lipinski definition) is 0. The van der Waals surface area contributed by atoms with Crippen molar-refractivity contribution >= 4 is 27.5 Å². The van der Waals surface area contributed by atoms with Crippen LogP contribution in [0.4, 0.5) is 0 Å². The fourth-order valence-electron chi connectivity index (χ4n) is 2.85. The summed E-state index contributed by atoms with van der Waals surface area (Å²) in [5.41, 5.74) is 1.31. The monoisotopic (exact) mass is 314 g/mol. The fourth-order valence-corrected chi connectivity index (χ4v) is 3.73. The first-order valence-corrected chi connectivity index (χ1v) is 7.87. The molecule has 3 unspecified atom stereocenters. The van der Waals surface area contributed by atoms with Crippen molar-refractivity contribution in [2.75, 3.05) is 0 Å². The Morgan fingerprint density at radius 2 is 2.06 bits per heavy atom. The van der Waals surface area contributed by atoms with Gasteiger partial charge in [-0.25, -0.2) is 0 Å². The van der Waals surface area contributed by atoms with Gasteiger partial charge in [0.05, 0.1) is 0 Å². The van der Waals surface area contributed by atoms with Crippen molar-refractivity contribution in [3.63, 3.8) is 0 Å². The van der Waals surface area contributed by atoms with Gasteiger partial charge in [0.1, 0.15) is 0 Å². The molecule has 0 aromatic heterocycles. The zero-order valence-corrected chi connectivity index (χ0v) is 12.7. The Labute approximate surface area is 118 Å². The molecule has 2 heteroatoms. The number of halogens is 2. The van der Waals surface area contributed by atoms with Gasteiger partial charge < -0.3 is 0 Å². The van der Waals surface area contributed by atoms with Crippen molar-refractivity contribution in [2.45, 2.75) is 43.9 Å². The van der Waals surface area contributed by atoms with Crippen LogP contribution >= 0.6 is 27.5 Å². The Morgan fingerprint density at radius 3 is 2.76 bits per heavy atom. The second-order valence-corrected chi connectivity index (χ2v) is 6.74. The Bertz CT molecular complexity index is 364. The molecule has 3 atom stereocenters. The van der Waals surface area contributed by atoms with E-state index in [0.29, 0.717) is 4.83 Å². The summed E-state index contributed by atoms with van der Waals surface area (Å²) in [5, 5.41) is 0.922. The van der Waals surface area contributed by atoms with Crippen LogP contribution < -0.4 is 0 Å². The molecule has 1 aromatic carbocycles. The van der Waals surface area contributed by atoms with Gasteiger partial charge in [0.15, 0.2) is 0 Å². The minimum Gasteiger partial charge on any atom is -0.0888 e. The van der Waals surface area contributed by atoms with Crippen molar-refractivity contribution in [3.05, 3.63) is 34.9 Å². The van der Waals surface area contributed by atoms with Gasteiger partial charge in [-0.2, -0.15) is 0 Å². The van der Waals surface area contributed by atoms with Crippen molar-refractivity contribution in [1.82, 2.24) is 0 Å². The van der Waals surface area contributed by atoms with Crippen LogP contribution in [0.5, 0.6) is 0 Å². The van der Waals surface area contributed by atoms with Crippen molar-refractivity contribution in [3.8, 4) is 0 Å². The molecule has 1 aliphatic rings. The molecule has 94 valence electrons. The molecule has 0 N–H and O–H groups in total. The molecule has 1 aliphatic carbocycles. The molecule has 2 rings (SSSR count). The van der Waals surface area contributed by atoms with Crippen molar-refractivity contribution < 1.29 is 0 Å². The lowest BCUT2D eigenvalue weighted by atomic mass is 9.77. The van der Waals surface area contributed by atoms with E-state index in [1.807, 2.05) is 12.1 Å². The summed E-state index contributed by atoms with van der Waals surface area (Å²) in [6, 6.07) is 8.26. The van der Waals surface area contributed by atoms with E-state index in [0.717, 1.165) is 23.3 Å². The van der Waals surface area contributed by atoms with Gasteiger partial charge in [0, 0.05) is 9.85 Å². The third-order valence-corrected chi connectivity index (χ3v) is 5.59. The van der Waals surface area contributed by atoms with Crippen LogP contribution in [0, 0.1) is 11.8 Å². The highest BCUT2D eigenvalue weighted by molar-refractivity contribution is 9.09. The molecule has 1 aromatic rings. The van der Waals surface area contributed by atoms with Crippen molar-refractivity contribution in [1.29, 1.82) is 0 Å². The van der Waals surface area contributed by atoms with E-state index >= 15 is 0 Å². The third-order valence-electron chi connectivity index (χ3n) is 4.02. The molecule has 1 fully saturated rings. The van der Waals surface area contributed by atoms with E-state index in [2.05, 4.69) is 35.0 Å². The van der Waals surface area contributed by atoms with Crippen LogP contribution in [0.15, 0.2) is 24.3 Å². The first kappa shape index (κ1) is 13.4. The van der Waals surface area contributed by atoms with Gasteiger partial charge >= 0.3 is 0 Å². The number of rotatable bonds is 3. The Balaban J connectivity index is 2.04. The van der Waals surface area contributed by atoms with E-state index in [4.69, 9.17) is 11.6 Å². The molecule has 1 saturated carbocycles. The van der Waals surface area contributed by atoms with Crippen LogP contribution in [0.3, 0.4) is 0 Å². The summed E-state index contributed by atoms with van der Waals surface area (Å²) in [5.74, 6) is 1.66. The van der Waals surface area contributed by atoms with E-state index < -0.39 is 0 Å². The lowest BCUT2D eigenvalue weighted by molar-refractivity contribution is 0.271. The van der Waals surface area contributed by atoms with Crippen LogP contribution in [-0.2, 0) is 6.42 Å². The summed E-state index contributed by atoms with van der Waals surface area (Å²) in [6.45, 7) is 2.31. The summed E-state index contributed by atoms with van der Waals surface area (Å²) < 4.78 is 0. The number of benzene rings is 1. The lowest BCUT2D eigenvalue weighted by Gasteiger charge is -2.33. The number of alkyl halides is 1. The maximum Gasteiger partial charge on any atom is 0.0438 e. The lowest BCUT2D eigenvalue weighted by Crippen LogP contribution is -2.26. The van der Waals surface area contributed by atoms with Gasteiger partial charge in [-0.3, -0.25) is 0 Å². The highest BCUT2D eigenvalue weighted by atomic mass is 79.9. The predicted molar refractivity (Wildman–Crippen MR) is 79.0 cm³/mol. The minimum atomic E-state index is 0.668. The number of hydrogen-bond donors (Lipinski definition) is 0. The molecule has 17 heavy (non-hydrogen) atoms. The van der Waals surface area contributed by atoms with Crippen LogP contribution in [0.1, 0.15) is 38.2 Å². The highest BCUT2D eigenvalue weighted by Gasteiger charge is 2.28. The maximum absolute atomic E-state index is 6.25. The van der Waals surface area contributed by atoms with Gasteiger partial charge in [0.25, 0.3) is 0 Å². The molecular formula is C15H20BrCl. The van der Waals surface area contributed by atoms with E-state index in [-0.39, 0.29) is 0 Å². The highest BCUT2D eigenvalue weighted by Crippen LogP contribution is 2.37. The second-order valence-electron chi connectivity index (χ2n) is 5.16. The topological polar surface area (TPSA) is 0 Å². The van der Waals surface area contributed by atoms with Gasteiger partial charge in [-0.15, -0.1) is 0 Å². The first-order valence-electron chi connectivity index (χ1n) is 6.58. The summed E-state index contributed by atoms with van der Waals surface area (Å²) in [7, 11) is 0. The standard InChI is InChI=1S/C15H20BrCl/c1-2-11-7-8-14(16)13(9-11)10-12-5-3-4-6-15(12)17/h3-6,11,13-14H,2,7-10H2,1H3. The second kappa shape index (κ2) is 6.24.